The van der Waals surface area contributed by atoms with Crippen LogP contribution in [0, 0.1) is 0 Å². The Morgan fingerprint density at radius 1 is 1.19 bits per heavy atom. The lowest BCUT2D eigenvalue weighted by Crippen LogP contribution is -2.34. The Hall–Kier alpha value is -1.47. The summed E-state index contributed by atoms with van der Waals surface area (Å²) in [5.41, 5.74) is 0.934. The number of alkyl halides is 3. The molecule has 0 fully saturated rings. The summed E-state index contributed by atoms with van der Waals surface area (Å²) < 4.78 is 47.1. The lowest BCUT2D eigenvalue weighted by Gasteiger charge is -2.17. The van der Waals surface area contributed by atoms with Crippen LogP contribution in [0.4, 0.5) is 13.2 Å². The van der Waals surface area contributed by atoms with Gasteiger partial charge in [0.05, 0.1) is 6.61 Å². The highest BCUT2D eigenvalue weighted by Crippen LogP contribution is 2.30. The number of rotatable bonds is 8. The van der Waals surface area contributed by atoms with Gasteiger partial charge in [0, 0.05) is 6.54 Å². The first-order chi connectivity index (χ1) is 9.88. The minimum atomic E-state index is -4.70. The third-order valence-corrected chi connectivity index (χ3v) is 2.66. The third kappa shape index (κ3) is 5.81. The van der Waals surface area contributed by atoms with Crippen molar-refractivity contribution in [2.24, 2.45) is 0 Å². The van der Waals surface area contributed by atoms with Gasteiger partial charge in [0.15, 0.2) is 17.6 Å². The standard InChI is InChI=1S/C14H20F3NO3/c1-3-18-8-10-5-6-11(12(7-10)20-4-2)21-9-13(19)14(15,16)17/h5-7,13,18-19H,3-4,8-9H2,1-2H3. The minimum Gasteiger partial charge on any atom is -0.490 e. The maximum atomic E-state index is 12.2. The average Bonchev–Trinajstić information content (AvgIpc) is 2.43. The number of aliphatic hydroxyl groups is 1. The van der Waals surface area contributed by atoms with Crippen molar-refractivity contribution in [2.75, 3.05) is 19.8 Å². The molecule has 1 unspecified atom stereocenters. The normalized spacial score (nSPS) is 13.0. The summed E-state index contributed by atoms with van der Waals surface area (Å²) in [6.07, 6.45) is -7.22. The third-order valence-electron chi connectivity index (χ3n) is 2.66. The van der Waals surface area contributed by atoms with Crippen LogP contribution in [0.25, 0.3) is 0 Å². The Morgan fingerprint density at radius 3 is 2.48 bits per heavy atom. The van der Waals surface area contributed by atoms with Crippen molar-refractivity contribution < 1.29 is 27.8 Å². The van der Waals surface area contributed by atoms with Gasteiger partial charge in [0.1, 0.15) is 6.61 Å². The number of ether oxygens (including phenoxy) is 2. The van der Waals surface area contributed by atoms with Crippen LogP contribution in [0.1, 0.15) is 19.4 Å². The van der Waals surface area contributed by atoms with E-state index in [0.29, 0.717) is 18.9 Å². The molecule has 0 spiro atoms. The lowest BCUT2D eigenvalue weighted by molar-refractivity contribution is -0.210. The molecule has 0 aliphatic carbocycles. The summed E-state index contributed by atoms with van der Waals surface area (Å²) in [5, 5.41) is 12.1. The van der Waals surface area contributed by atoms with Crippen LogP contribution in [0.3, 0.4) is 0 Å². The molecule has 0 saturated carbocycles. The van der Waals surface area contributed by atoms with Crippen LogP contribution >= 0.6 is 0 Å². The van der Waals surface area contributed by atoms with Crippen molar-refractivity contribution in [3.05, 3.63) is 23.8 Å². The summed E-state index contributed by atoms with van der Waals surface area (Å²) in [4.78, 5) is 0. The Morgan fingerprint density at radius 2 is 1.90 bits per heavy atom. The van der Waals surface area contributed by atoms with Gasteiger partial charge in [0.25, 0.3) is 0 Å². The molecule has 2 N–H and O–H groups in total. The van der Waals surface area contributed by atoms with Gasteiger partial charge in [-0.2, -0.15) is 13.2 Å². The maximum absolute atomic E-state index is 12.2. The first kappa shape index (κ1) is 17.6. The molecule has 0 heterocycles. The SMILES string of the molecule is CCNCc1ccc(OCC(O)C(F)(F)F)c(OCC)c1. The summed E-state index contributed by atoms with van der Waals surface area (Å²) >= 11 is 0. The van der Waals surface area contributed by atoms with Gasteiger partial charge < -0.3 is 19.9 Å². The van der Waals surface area contributed by atoms with Crippen molar-refractivity contribution in [1.82, 2.24) is 5.32 Å². The molecular formula is C14H20F3NO3. The molecule has 0 saturated heterocycles. The quantitative estimate of drug-likeness (QED) is 0.775. The van der Waals surface area contributed by atoms with Crippen molar-refractivity contribution in [3.63, 3.8) is 0 Å². The second kappa shape index (κ2) is 8.09. The van der Waals surface area contributed by atoms with E-state index in [9.17, 15) is 13.2 Å². The van der Waals surface area contributed by atoms with E-state index in [-0.39, 0.29) is 5.75 Å². The fraction of sp³-hybridized carbons (Fsp3) is 0.571. The van der Waals surface area contributed by atoms with E-state index in [1.807, 2.05) is 6.92 Å². The Labute approximate surface area is 121 Å². The monoisotopic (exact) mass is 307 g/mol. The molecule has 0 aliphatic heterocycles. The fourth-order valence-electron chi connectivity index (χ4n) is 1.58. The molecule has 0 amide bonds. The number of hydrogen-bond donors (Lipinski definition) is 2. The molecule has 1 aromatic rings. The van der Waals surface area contributed by atoms with Gasteiger partial charge in [-0.05, 0) is 31.2 Å². The number of halogens is 3. The van der Waals surface area contributed by atoms with E-state index in [1.54, 1.807) is 25.1 Å². The second-order valence-corrected chi connectivity index (χ2v) is 4.36. The Bertz CT molecular complexity index is 438. The summed E-state index contributed by atoms with van der Waals surface area (Å²) in [5.74, 6) is 0.544. The van der Waals surface area contributed by atoms with Crippen molar-refractivity contribution in [1.29, 1.82) is 0 Å². The van der Waals surface area contributed by atoms with Crippen molar-refractivity contribution in [3.8, 4) is 11.5 Å². The van der Waals surface area contributed by atoms with Gasteiger partial charge in [0.2, 0.25) is 0 Å². The van der Waals surface area contributed by atoms with Gasteiger partial charge in [-0.25, -0.2) is 0 Å². The Kier molecular flexibility index (Phi) is 6.77. The number of aliphatic hydroxyl groups excluding tert-OH is 1. The summed E-state index contributed by atoms with van der Waals surface area (Å²) in [6.45, 7) is 4.67. The lowest BCUT2D eigenvalue weighted by atomic mass is 10.2. The van der Waals surface area contributed by atoms with Gasteiger partial charge >= 0.3 is 6.18 Å². The highest BCUT2D eigenvalue weighted by molar-refractivity contribution is 5.43. The van der Waals surface area contributed by atoms with Gasteiger partial charge in [-0.15, -0.1) is 0 Å². The first-order valence-electron chi connectivity index (χ1n) is 6.72. The van der Waals surface area contributed by atoms with E-state index in [1.165, 1.54) is 0 Å². The molecule has 4 nitrogen and oxygen atoms in total. The van der Waals surface area contributed by atoms with E-state index in [4.69, 9.17) is 14.6 Å². The first-order valence-corrected chi connectivity index (χ1v) is 6.72. The van der Waals surface area contributed by atoms with Gasteiger partial charge in [-0.1, -0.05) is 13.0 Å². The topological polar surface area (TPSA) is 50.7 Å². The highest BCUT2D eigenvalue weighted by Gasteiger charge is 2.38. The molecule has 0 aromatic heterocycles. The van der Waals surface area contributed by atoms with Crippen molar-refractivity contribution in [2.45, 2.75) is 32.7 Å². The second-order valence-electron chi connectivity index (χ2n) is 4.36. The molecule has 0 aliphatic rings. The Balaban J connectivity index is 2.76. The zero-order valence-corrected chi connectivity index (χ0v) is 12.0. The molecule has 0 radical (unpaired) electrons. The largest absolute Gasteiger partial charge is 0.490 e. The molecule has 7 heteroatoms. The van der Waals surface area contributed by atoms with Crippen LogP contribution in [-0.4, -0.2) is 37.1 Å². The van der Waals surface area contributed by atoms with E-state index in [2.05, 4.69) is 5.32 Å². The average molecular weight is 307 g/mol. The number of benzene rings is 1. The van der Waals surface area contributed by atoms with Crippen molar-refractivity contribution >= 4 is 0 Å². The van der Waals surface area contributed by atoms with E-state index in [0.717, 1.165) is 12.1 Å². The zero-order valence-electron chi connectivity index (χ0n) is 12.0. The van der Waals surface area contributed by atoms with Crippen LogP contribution < -0.4 is 14.8 Å². The van der Waals surface area contributed by atoms with Crippen LogP contribution in [-0.2, 0) is 6.54 Å². The molecule has 0 bridgehead atoms. The molecule has 1 rings (SSSR count). The van der Waals surface area contributed by atoms with Crippen LogP contribution in [0.2, 0.25) is 0 Å². The highest BCUT2D eigenvalue weighted by atomic mass is 19.4. The zero-order chi connectivity index (χ0) is 15.9. The van der Waals surface area contributed by atoms with E-state index >= 15 is 0 Å². The summed E-state index contributed by atoms with van der Waals surface area (Å²) in [7, 11) is 0. The number of hydrogen-bond acceptors (Lipinski definition) is 4. The molecule has 1 atom stereocenters. The predicted molar refractivity (Wildman–Crippen MR) is 72.5 cm³/mol. The smallest absolute Gasteiger partial charge is 0.417 e. The summed E-state index contributed by atoms with van der Waals surface area (Å²) in [6, 6.07) is 4.99. The van der Waals surface area contributed by atoms with Gasteiger partial charge in [-0.3, -0.25) is 0 Å². The molecular weight excluding hydrogens is 287 g/mol. The van der Waals surface area contributed by atoms with Crippen LogP contribution in [0.15, 0.2) is 18.2 Å². The number of nitrogens with one attached hydrogen (secondary N) is 1. The molecule has 21 heavy (non-hydrogen) atoms. The van der Waals surface area contributed by atoms with E-state index < -0.39 is 18.9 Å². The maximum Gasteiger partial charge on any atom is 0.417 e. The minimum absolute atomic E-state index is 0.181. The molecule has 120 valence electrons. The fourth-order valence-corrected chi connectivity index (χ4v) is 1.58. The molecule has 1 aromatic carbocycles. The predicted octanol–water partition coefficient (Wildman–Crippen LogP) is 2.50. The van der Waals surface area contributed by atoms with Crippen LogP contribution in [0.5, 0.6) is 11.5 Å².